The second kappa shape index (κ2) is 5.28. The van der Waals surface area contributed by atoms with E-state index < -0.39 is 11.7 Å². The maximum atomic E-state index is 12.6. The average Bonchev–Trinajstić information content (AvgIpc) is 2.85. The van der Waals surface area contributed by atoms with Crippen molar-refractivity contribution in [3.8, 4) is 0 Å². The van der Waals surface area contributed by atoms with E-state index in [4.69, 9.17) is 10.9 Å². The van der Waals surface area contributed by atoms with Gasteiger partial charge in [0.15, 0.2) is 5.84 Å². The largest absolute Gasteiger partial charge is 0.416 e. The Morgan fingerprint density at radius 2 is 2.00 bits per heavy atom. The first-order valence-electron chi connectivity index (χ1n) is 5.71. The Kier molecular flexibility index (Phi) is 3.69. The summed E-state index contributed by atoms with van der Waals surface area (Å²) in [6, 6.07) is 8.32. The Bertz CT molecular complexity index is 632. The summed E-state index contributed by atoms with van der Waals surface area (Å²) >= 11 is 0. The van der Waals surface area contributed by atoms with Crippen molar-refractivity contribution in [1.82, 2.24) is 4.57 Å². The molecule has 1 aromatic heterocycles. The van der Waals surface area contributed by atoms with Crippen LogP contribution in [0.25, 0.3) is 0 Å². The number of amidine groups is 1. The highest BCUT2D eigenvalue weighted by Crippen LogP contribution is 2.29. The number of alkyl halides is 3. The number of aromatic nitrogens is 1. The second-order valence-corrected chi connectivity index (χ2v) is 4.20. The lowest BCUT2D eigenvalue weighted by Crippen LogP contribution is -2.18. The number of oxime groups is 1. The van der Waals surface area contributed by atoms with Gasteiger partial charge in [-0.05, 0) is 29.8 Å². The standard InChI is InChI=1S/C13H12F3N3O/c14-13(15,16)10-4-1-3-9(7-10)8-19-6-2-5-11(19)12(17)18-20/h1-7,20H,8H2,(H2,17,18). The summed E-state index contributed by atoms with van der Waals surface area (Å²) < 4.78 is 39.5. The molecule has 0 aliphatic carbocycles. The van der Waals surface area contributed by atoms with Crippen molar-refractivity contribution < 1.29 is 18.4 Å². The first-order valence-corrected chi connectivity index (χ1v) is 5.71. The highest BCUT2D eigenvalue weighted by molar-refractivity contribution is 5.95. The highest BCUT2D eigenvalue weighted by atomic mass is 19.4. The van der Waals surface area contributed by atoms with Gasteiger partial charge in [-0.2, -0.15) is 13.2 Å². The molecule has 106 valence electrons. The lowest BCUT2D eigenvalue weighted by atomic mass is 10.1. The lowest BCUT2D eigenvalue weighted by Gasteiger charge is -2.11. The first kappa shape index (κ1) is 14.0. The molecule has 0 unspecified atom stereocenters. The molecule has 0 bridgehead atoms. The molecule has 1 heterocycles. The maximum absolute atomic E-state index is 12.6. The SMILES string of the molecule is N/C(=N/O)c1cccn1Cc1cccc(C(F)(F)F)c1. The topological polar surface area (TPSA) is 63.5 Å². The van der Waals surface area contributed by atoms with Crippen LogP contribution in [0.2, 0.25) is 0 Å². The van der Waals surface area contributed by atoms with Crippen LogP contribution in [0.4, 0.5) is 13.2 Å². The number of benzene rings is 1. The summed E-state index contributed by atoms with van der Waals surface area (Å²) in [6.45, 7) is 0.197. The Morgan fingerprint density at radius 3 is 2.65 bits per heavy atom. The van der Waals surface area contributed by atoms with E-state index in [9.17, 15) is 13.2 Å². The quantitative estimate of drug-likeness (QED) is 0.393. The van der Waals surface area contributed by atoms with Crippen molar-refractivity contribution in [2.24, 2.45) is 10.9 Å². The molecule has 0 radical (unpaired) electrons. The third-order valence-electron chi connectivity index (χ3n) is 2.81. The molecule has 2 rings (SSSR count). The maximum Gasteiger partial charge on any atom is 0.416 e. The van der Waals surface area contributed by atoms with Gasteiger partial charge in [-0.15, -0.1) is 0 Å². The van der Waals surface area contributed by atoms with Gasteiger partial charge in [0.2, 0.25) is 0 Å². The molecule has 0 saturated heterocycles. The van der Waals surface area contributed by atoms with Gasteiger partial charge < -0.3 is 15.5 Å². The molecule has 20 heavy (non-hydrogen) atoms. The van der Waals surface area contributed by atoms with Gasteiger partial charge >= 0.3 is 6.18 Å². The molecule has 0 aliphatic rings. The number of hydrogen-bond acceptors (Lipinski definition) is 2. The Hall–Kier alpha value is -2.44. The van der Waals surface area contributed by atoms with Crippen molar-refractivity contribution in [3.63, 3.8) is 0 Å². The molecule has 4 nitrogen and oxygen atoms in total. The minimum Gasteiger partial charge on any atom is -0.409 e. The molecule has 0 fully saturated rings. The molecular weight excluding hydrogens is 271 g/mol. The third-order valence-corrected chi connectivity index (χ3v) is 2.81. The number of hydrogen-bond donors (Lipinski definition) is 2. The summed E-state index contributed by atoms with van der Waals surface area (Å²) in [7, 11) is 0. The van der Waals surface area contributed by atoms with E-state index in [-0.39, 0.29) is 12.4 Å². The van der Waals surface area contributed by atoms with Crippen molar-refractivity contribution in [2.45, 2.75) is 12.7 Å². The zero-order valence-corrected chi connectivity index (χ0v) is 10.3. The molecule has 7 heteroatoms. The predicted molar refractivity (Wildman–Crippen MR) is 67.5 cm³/mol. The Labute approximate surface area is 112 Å². The smallest absolute Gasteiger partial charge is 0.409 e. The van der Waals surface area contributed by atoms with E-state index in [1.807, 2.05) is 0 Å². The van der Waals surface area contributed by atoms with E-state index in [0.29, 0.717) is 11.3 Å². The summed E-state index contributed by atoms with van der Waals surface area (Å²) in [5.41, 5.74) is 5.70. The molecular formula is C13H12F3N3O. The zero-order valence-electron chi connectivity index (χ0n) is 10.3. The third kappa shape index (κ3) is 2.93. The van der Waals surface area contributed by atoms with Crippen molar-refractivity contribution in [1.29, 1.82) is 0 Å². The second-order valence-electron chi connectivity index (χ2n) is 4.20. The summed E-state index contributed by atoms with van der Waals surface area (Å²) in [4.78, 5) is 0. The molecule has 3 N–H and O–H groups in total. The van der Waals surface area contributed by atoms with Gasteiger partial charge in [-0.3, -0.25) is 0 Å². The number of nitrogens with two attached hydrogens (primary N) is 1. The molecule has 0 atom stereocenters. The molecule has 2 aromatic rings. The zero-order chi connectivity index (χ0) is 14.8. The summed E-state index contributed by atoms with van der Waals surface area (Å²) in [5.74, 6) is -0.0954. The highest BCUT2D eigenvalue weighted by Gasteiger charge is 2.30. The molecule has 0 aliphatic heterocycles. The predicted octanol–water partition coefficient (Wildman–Crippen LogP) is 2.65. The van der Waals surface area contributed by atoms with Crippen LogP contribution in [0, 0.1) is 0 Å². The monoisotopic (exact) mass is 283 g/mol. The van der Waals surface area contributed by atoms with E-state index in [0.717, 1.165) is 12.1 Å². The lowest BCUT2D eigenvalue weighted by molar-refractivity contribution is -0.137. The minimum atomic E-state index is -4.37. The fraction of sp³-hybridized carbons (Fsp3) is 0.154. The van der Waals surface area contributed by atoms with Gasteiger partial charge in [0.25, 0.3) is 0 Å². The van der Waals surface area contributed by atoms with Gasteiger partial charge in [0.05, 0.1) is 11.3 Å². The molecule has 0 saturated carbocycles. The van der Waals surface area contributed by atoms with Crippen molar-refractivity contribution >= 4 is 5.84 Å². The Balaban J connectivity index is 2.30. The van der Waals surface area contributed by atoms with Crippen LogP contribution in [0.1, 0.15) is 16.8 Å². The summed E-state index contributed by atoms with van der Waals surface area (Å²) in [5, 5.41) is 11.5. The van der Waals surface area contributed by atoms with Gasteiger partial charge in [0, 0.05) is 12.7 Å². The average molecular weight is 283 g/mol. The number of halogens is 3. The van der Waals surface area contributed by atoms with E-state index in [1.165, 1.54) is 6.07 Å². The van der Waals surface area contributed by atoms with Crippen molar-refractivity contribution in [3.05, 3.63) is 59.4 Å². The van der Waals surface area contributed by atoms with Crippen LogP contribution >= 0.6 is 0 Å². The number of nitrogens with zero attached hydrogens (tertiary/aromatic N) is 2. The first-order chi connectivity index (χ1) is 9.41. The van der Waals surface area contributed by atoms with Crippen LogP contribution in [-0.4, -0.2) is 15.6 Å². The van der Waals surface area contributed by atoms with Crippen molar-refractivity contribution in [2.75, 3.05) is 0 Å². The van der Waals surface area contributed by atoms with Crippen LogP contribution < -0.4 is 5.73 Å². The minimum absolute atomic E-state index is 0.0954. The van der Waals surface area contributed by atoms with E-state index in [1.54, 1.807) is 29.0 Å². The summed E-state index contributed by atoms with van der Waals surface area (Å²) in [6.07, 6.45) is -2.73. The molecule has 1 aromatic carbocycles. The fourth-order valence-electron chi connectivity index (χ4n) is 1.88. The van der Waals surface area contributed by atoms with Gasteiger partial charge in [-0.25, -0.2) is 0 Å². The molecule has 0 amide bonds. The fourth-order valence-corrected chi connectivity index (χ4v) is 1.88. The number of rotatable bonds is 3. The van der Waals surface area contributed by atoms with Crippen LogP contribution in [0.15, 0.2) is 47.8 Å². The van der Waals surface area contributed by atoms with E-state index in [2.05, 4.69) is 5.16 Å². The van der Waals surface area contributed by atoms with Gasteiger partial charge in [-0.1, -0.05) is 17.3 Å². The van der Waals surface area contributed by atoms with Crippen LogP contribution in [-0.2, 0) is 12.7 Å². The molecule has 0 spiro atoms. The van der Waals surface area contributed by atoms with Crippen LogP contribution in [0.5, 0.6) is 0 Å². The Morgan fingerprint density at radius 1 is 1.25 bits per heavy atom. The van der Waals surface area contributed by atoms with E-state index >= 15 is 0 Å². The normalized spacial score (nSPS) is 12.7. The van der Waals surface area contributed by atoms with Crippen LogP contribution in [0.3, 0.4) is 0 Å². The van der Waals surface area contributed by atoms with Gasteiger partial charge in [0.1, 0.15) is 0 Å².